The zero-order valence-electron chi connectivity index (χ0n) is 16.3. The van der Waals surface area contributed by atoms with Crippen LogP contribution in [0.1, 0.15) is 0 Å². The zero-order valence-corrected chi connectivity index (χ0v) is 16.3. The Morgan fingerprint density at radius 1 is 1.00 bits per heavy atom. The monoisotopic (exact) mass is 401 g/mol. The summed E-state index contributed by atoms with van der Waals surface area (Å²) < 4.78 is 18.2. The SMILES string of the molecule is COc1ccc(N(CC(=O)O)CC(=O)N2CCN(c3ccc(F)cc3)CC2)cc1. The van der Waals surface area contributed by atoms with Crippen molar-refractivity contribution in [3.05, 3.63) is 54.3 Å². The van der Waals surface area contributed by atoms with Gasteiger partial charge in [-0.1, -0.05) is 0 Å². The van der Waals surface area contributed by atoms with Gasteiger partial charge in [0.2, 0.25) is 5.91 Å². The lowest BCUT2D eigenvalue weighted by atomic mass is 10.2. The van der Waals surface area contributed by atoms with Crippen molar-refractivity contribution in [1.29, 1.82) is 0 Å². The average molecular weight is 401 g/mol. The Hall–Kier alpha value is -3.29. The average Bonchev–Trinajstić information content (AvgIpc) is 2.73. The predicted molar refractivity (Wildman–Crippen MR) is 108 cm³/mol. The first-order chi connectivity index (χ1) is 14.0. The number of halogens is 1. The number of hydrogen-bond acceptors (Lipinski definition) is 5. The van der Waals surface area contributed by atoms with Crippen LogP contribution in [-0.4, -0.2) is 68.3 Å². The zero-order chi connectivity index (χ0) is 20.8. The van der Waals surface area contributed by atoms with Crippen molar-refractivity contribution in [2.45, 2.75) is 0 Å². The van der Waals surface area contributed by atoms with E-state index in [2.05, 4.69) is 4.90 Å². The van der Waals surface area contributed by atoms with E-state index in [-0.39, 0.29) is 24.8 Å². The molecule has 1 fully saturated rings. The molecule has 2 aromatic rings. The Morgan fingerprint density at radius 2 is 1.62 bits per heavy atom. The Balaban J connectivity index is 1.60. The van der Waals surface area contributed by atoms with E-state index in [1.54, 1.807) is 48.4 Å². The van der Waals surface area contributed by atoms with E-state index < -0.39 is 5.97 Å². The summed E-state index contributed by atoms with van der Waals surface area (Å²) in [6, 6.07) is 13.2. The Bertz CT molecular complexity index is 834. The van der Waals surface area contributed by atoms with Gasteiger partial charge in [-0.2, -0.15) is 0 Å². The number of methoxy groups -OCH3 is 1. The molecule has 8 heteroatoms. The van der Waals surface area contributed by atoms with Crippen molar-refractivity contribution in [3.8, 4) is 5.75 Å². The Kier molecular flexibility index (Phi) is 6.54. The summed E-state index contributed by atoms with van der Waals surface area (Å²) in [5.41, 5.74) is 1.57. The molecule has 0 radical (unpaired) electrons. The molecule has 0 saturated carbocycles. The van der Waals surface area contributed by atoms with Crippen LogP contribution in [0.3, 0.4) is 0 Å². The number of carboxylic acid groups (broad SMARTS) is 1. The maximum Gasteiger partial charge on any atom is 0.323 e. The lowest BCUT2D eigenvalue weighted by Crippen LogP contribution is -2.51. The Morgan fingerprint density at radius 3 is 2.17 bits per heavy atom. The molecule has 1 aliphatic heterocycles. The number of rotatable bonds is 7. The summed E-state index contributed by atoms with van der Waals surface area (Å²) in [4.78, 5) is 29.4. The fourth-order valence-electron chi connectivity index (χ4n) is 3.32. The fraction of sp³-hybridized carbons (Fsp3) is 0.333. The molecule has 1 aliphatic rings. The number of ether oxygens (including phenoxy) is 1. The maximum absolute atomic E-state index is 13.1. The van der Waals surface area contributed by atoms with Gasteiger partial charge in [0.15, 0.2) is 0 Å². The number of benzene rings is 2. The lowest BCUT2D eigenvalue weighted by Gasteiger charge is -2.37. The quantitative estimate of drug-likeness (QED) is 0.766. The van der Waals surface area contributed by atoms with E-state index in [1.807, 2.05) is 0 Å². The van der Waals surface area contributed by atoms with Gasteiger partial charge in [0, 0.05) is 37.6 Å². The van der Waals surface area contributed by atoms with Gasteiger partial charge in [-0.3, -0.25) is 9.59 Å². The molecule has 1 saturated heterocycles. The third kappa shape index (κ3) is 5.37. The van der Waals surface area contributed by atoms with Crippen LogP contribution in [0.25, 0.3) is 0 Å². The van der Waals surface area contributed by atoms with E-state index in [4.69, 9.17) is 4.74 Å². The maximum atomic E-state index is 13.1. The molecule has 1 amide bonds. The van der Waals surface area contributed by atoms with Crippen molar-refractivity contribution in [3.63, 3.8) is 0 Å². The highest BCUT2D eigenvalue weighted by molar-refractivity contribution is 5.84. The number of anilines is 2. The minimum absolute atomic E-state index is 0.0187. The summed E-state index contributed by atoms with van der Waals surface area (Å²) in [6.45, 7) is 2.04. The van der Waals surface area contributed by atoms with Crippen molar-refractivity contribution in [2.75, 3.05) is 56.2 Å². The number of carbonyl (C=O) groups excluding carboxylic acids is 1. The van der Waals surface area contributed by atoms with Gasteiger partial charge in [0.05, 0.1) is 13.7 Å². The highest BCUT2D eigenvalue weighted by Crippen LogP contribution is 2.20. The van der Waals surface area contributed by atoms with Crippen LogP contribution in [0.2, 0.25) is 0 Å². The lowest BCUT2D eigenvalue weighted by molar-refractivity contribution is -0.135. The van der Waals surface area contributed by atoms with Crippen molar-refractivity contribution >= 4 is 23.3 Å². The highest BCUT2D eigenvalue weighted by atomic mass is 19.1. The molecule has 0 bridgehead atoms. The normalized spacial score (nSPS) is 13.9. The third-order valence-corrected chi connectivity index (χ3v) is 4.91. The standard InChI is InChI=1S/C21H24FN3O4/c1-29-19-8-6-18(7-9-19)25(15-21(27)28)14-20(26)24-12-10-23(11-13-24)17-4-2-16(22)3-5-17/h2-9H,10-15H2,1H3,(H,27,28). The molecule has 3 rings (SSSR count). The predicted octanol–water partition coefficient (Wildman–Crippen LogP) is 2.07. The van der Waals surface area contributed by atoms with Gasteiger partial charge < -0.3 is 24.5 Å². The van der Waals surface area contributed by atoms with Gasteiger partial charge in [0.1, 0.15) is 18.1 Å². The van der Waals surface area contributed by atoms with E-state index in [1.165, 1.54) is 17.0 Å². The second-order valence-electron chi connectivity index (χ2n) is 6.79. The summed E-state index contributed by atoms with van der Waals surface area (Å²) in [6.07, 6.45) is 0. The van der Waals surface area contributed by atoms with Gasteiger partial charge in [0.25, 0.3) is 0 Å². The molecule has 2 aromatic carbocycles. The third-order valence-electron chi connectivity index (χ3n) is 4.91. The summed E-state index contributed by atoms with van der Waals surface area (Å²) >= 11 is 0. The number of nitrogens with zero attached hydrogens (tertiary/aromatic N) is 3. The van der Waals surface area contributed by atoms with E-state index in [9.17, 15) is 19.1 Å². The number of piperazine rings is 1. The topological polar surface area (TPSA) is 73.3 Å². The van der Waals surface area contributed by atoms with Gasteiger partial charge in [-0.05, 0) is 48.5 Å². The van der Waals surface area contributed by atoms with Gasteiger partial charge >= 0.3 is 5.97 Å². The molecular weight excluding hydrogens is 377 g/mol. The molecular formula is C21H24FN3O4. The van der Waals surface area contributed by atoms with Crippen molar-refractivity contribution in [2.24, 2.45) is 0 Å². The number of aliphatic carboxylic acids is 1. The van der Waals surface area contributed by atoms with Gasteiger partial charge in [-0.25, -0.2) is 4.39 Å². The van der Waals surface area contributed by atoms with Crippen LogP contribution in [0.4, 0.5) is 15.8 Å². The number of carboxylic acids is 1. The fourth-order valence-corrected chi connectivity index (χ4v) is 3.32. The molecule has 29 heavy (non-hydrogen) atoms. The molecule has 0 atom stereocenters. The highest BCUT2D eigenvalue weighted by Gasteiger charge is 2.24. The summed E-state index contributed by atoms with van der Waals surface area (Å²) in [5, 5.41) is 9.22. The van der Waals surface area contributed by atoms with Crippen LogP contribution in [0.5, 0.6) is 5.75 Å². The van der Waals surface area contributed by atoms with Crippen LogP contribution in [0.15, 0.2) is 48.5 Å². The first kappa shape index (κ1) is 20.4. The Labute approximate surface area is 168 Å². The molecule has 154 valence electrons. The van der Waals surface area contributed by atoms with E-state index in [0.717, 1.165) is 5.69 Å². The smallest absolute Gasteiger partial charge is 0.323 e. The molecule has 0 aliphatic carbocycles. The molecule has 0 unspecified atom stereocenters. The summed E-state index contributed by atoms with van der Waals surface area (Å²) in [5.74, 6) is -0.748. The number of carbonyl (C=O) groups is 2. The second-order valence-corrected chi connectivity index (χ2v) is 6.79. The number of hydrogen-bond donors (Lipinski definition) is 1. The van der Waals surface area contributed by atoms with Crippen LogP contribution < -0.4 is 14.5 Å². The molecule has 1 heterocycles. The molecule has 0 spiro atoms. The largest absolute Gasteiger partial charge is 0.497 e. The van der Waals surface area contributed by atoms with E-state index in [0.29, 0.717) is 37.6 Å². The number of amides is 1. The molecule has 7 nitrogen and oxygen atoms in total. The minimum atomic E-state index is -1.00. The molecule has 1 N–H and O–H groups in total. The minimum Gasteiger partial charge on any atom is -0.497 e. The van der Waals surface area contributed by atoms with Crippen LogP contribution in [0, 0.1) is 5.82 Å². The van der Waals surface area contributed by atoms with Crippen molar-refractivity contribution in [1.82, 2.24) is 4.90 Å². The first-order valence-electron chi connectivity index (χ1n) is 9.35. The van der Waals surface area contributed by atoms with Crippen LogP contribution in [-0.2, 0) is 9.59 Å². The first-order valence-corrected chi connectivity index (χ1v) is 9.35. The van der Waals surface area contributed by atoms with Gasteiger partial charge in [-0.15, -0.1) is 0 Å². The van der Waals surface area contributed by atoms with E-state index >= 15 is 0 Å². The summed E-state index contributed by atoms with van der Waals surface area (Å²) in [7, 11) is 1.55. The van der Waals surface area contributed by atoms with Crippen molar-refractivity contribution < 1.29 is 23.8 Å². The molecule has 0 aromatic heterocycles. The second kappa shape index (κ2) is 9.27. The van der Waals surface area contributed by atoms with Crippen LogP contribution >= 0.6 is 0 Å².